The van der Waals surface area contributed by atoms with Crippen molar-refractivity contribution in [2.24, 2.45) is 0 Å². The van der Waals surface area contributed by atoms with E-state index in [-0.39, 0.29) is 27.2 Å². The maximum atomic E-state index is 11.1. The fraction of sp³-hybridized carbons (Fsp3) is 0. The number of aromatic hydroxyl groups is 2. The zero-order valence-electron chi connectivity index (χ0n) is 7.95. The van der Waals surface area contributed by atoms with Crippen molar-refractivity contribution in [3.8, 4) is 11.5 Å². The average Bonchev–Trinajstić information content (AvgIpc) is 2.15. The Labute approximate surface area is 91.3 Å². The van der Waals surface area contributed by atoms with Crippen molar-refractivity contribution in [3.63, 3.8) is 0 Å². The Bertz CT molecular complexity index is 660. The van der Waals surface area contributed by atoms with Crippen LogP contribution >= 0.6 is 0 Å². The van der Waals surface area contributed by atoms with Crippen molar-refractivity contribution in [2.75, 3.05) is 0 Å². The van der Waals surface area contributed by atoms with Gasteiger partial charge in [0.05, 0.1) is 0 Å². The topological polar surface area (TPSA) is 94.8 Å². The highest BCUT2D eigenvalue weighted by molar-refractivity contribution is 7.86. The lowest BCUT2D eigenvalue weighted by Gasteiger charge is -2.06. The molecule has 2 aromatic rings. The zero-order chi connectivity index (χ0) is 11.9. The Morgan fingerprint density at radius 3 is 2.25 bits per heavy atom. The third-order valence-corrected chi connectivity index (χ3v) is 3.13. The van der Waals surface area contributed by atoms with E-state index in [0.29, 0.717) is 0 Å². The maximum Gasteiger partial charge on any atom is 0.295 e. The summed E-state index contributed by atoms with van der Waals surface area (Å²) in [5.74, 6) is -0.273. The van der Waals surface area contributed by atoms with Crippen molar-refractivity contribution in [1.82, 2.24) is 0 Å². The SMILES string of the molecule is O=S(=O)(O)c1ccc(O)c2ccc(O)cc12. The summed E-state index contributed by atoms with van der Waals surface area (Å²) in [5, 5.41) is 19.1. The molecule has 0 bridgehead atoms. The van der Waals surface area contributed by atoms with Crippen LogP contribution in [0.5, 0.6) is 11.5 Å². The van der Waals surface area contributed by atoms with Gasteiger partial charge in [-0.1, -0.05) is 0 Å². The lowest BCUT2D eigenvalue weighted by atomic mass is 10.1. The Hall–Kier alpha value is -1.79. The highest BCUT2D eigenvalue weighted by Crippen LogP contribution is 2.32. The lowest BCUT2D eigenvalue weighted by molar-refractivity contribution is 0.474. The molecule has 2 aromatic carbocycles. The van der Waals surface area contributed by atoms with Crippen molar-refractivity contribution < 1.29 is 23.2 Å². The second kappa shape index (κ2) is 3.36. The number of rotatable bonds is 1. The minimum absolute atomic E-state index is 0.0718. The fourth-order valence-electron chi connectivity index (χ4n) is 1.52. The van der Waals surface area contributed by atoms with Gasteiger partial charge in [-0.3, -0.25) is 4.55 Å². The van der Waals surface area contributed by atoms with Gasteiger partial charge >= 0.3 is 0 Å². The quantitative estimate of drug-likeness (QED) is 0.656. The van der Waals surface area contributed by atoms with Crippen LogP contribution in [-0.2, 0) is 10.1 Å². The summed E-state index contributed by atoms with van der Waals surface area (Å²) in [6, 6.07) is 6.09. The van der Waals surface area contributed by atoms with E-state index in [1.54, 1.807) is 0 Å². The van der Waals surface area contributed by atoms with Crippen molar-refractivity contribution >= 4 is 20.9 Å². The molecule has 0 spiro atoms. The first-order chi connectivity index (χ1) is 7.39. The maximum absolute atomic E-state index is 11.1. The number of benzene rings is 2. The van der Waals surface area contributed by atoms with Gasteiger partial charge in [-0.25, -0.2) is 0 Å². The van der Waals surface area contributed by atoms with Gasteiger partial charge in [0.25, 0.3) is 10.1 Å². The first-order valence-corrected chi connectivity index (χ1v) is 5.76. The van der Waals surface area contributed by atoms with Gasteiger partial charge in [0, 0.05) is 10.8 Å². The molecule has 0 atom stereocenters. The molecule has 3 N–H and O–H groups in total. The van der Waals surface area contributed by atoms with Crippen LogP contribution in [0.1, 0.15) is 0 Å². The molecule has 0 unspecified atom stereocenters. The normalized spacial score (nSPS) is 11.8. The molecule has 2 rings (SSSR count). The van der Waals surface area contributed by atoms with Gasteiger partial charge in [0.15, 0.2) is 0 Å². The Morgan fingerprint density at radius 2 is 1.62 bits per heavy atom. The van der Waals surface area contributed by atoms with Gasteiger partial charge in [0.1, 0.15) is 16.4 Å². The molecular formula is C10H8O5S. The second-order valence-corrected chi connectivity index (χ2v) is 4.68. The molecule has 0 saturated heterocycles. The summed E-state index contributed by atoms with van der Waals surface area (Å²) in [4.78, 5) is -0.351. The molecule has 0 aliphatic rings. The summed E-state index contributed by atoms with van der Waals surface area (Å²) in [5.41, 5.74) is 0. The summed E-state index contributed by atoms with van der Waals surface area (Å²) in [6.07, 6.45) is 0. The van der Waals surface area contributed by atoms with Crippen molar-refractivity contribution in [3.05, 3.63) is 30.3 Å². The van der Waals surface area contributed by atoms with Crippen molar-refractivity contribution in [2.45, 2.75) is 4.90 Å². The Balaban J connectivity index is 2.98. The molecule has 0 radical (unpaired) electrons. The van der Waals surface area contributed by atoms with Crippen LogP contribution < -0.4 is 0 Å². The summed E-state index contributed by atoms with van der Waals surface area (Å²) in [7, 11) is -4.39. The minimum Gasteiger partial charge on any atom is -0.508 e. The molecule has 0 aliphatic carbocycles. The molecule has 5 nitrogen and oxygen atoms in total. The molecule has 16 heavy (non-hydrogen) atoms. The molecule has 0 amide bonds. The van der Waals surface area contributed by atoms with E-state index < -0.39 is 10.1 Å². The highest BCUT2D eigenvalue weighted by Gasteiger charge is 2.15. The summed E-state index contributed by atoms with van der Waals surface area (Å²) < 4.78 is 31.1. The number of phenols is 2. The van der Waals surface area contributed by atoms with Gasteiger partial charge in [-0.15, -0.1) is 0 Å². The summed E-state index contributed by atoms with van der Waals surface area (Å²) in [6.45, 7) is 0. The smallest absolute Gasteiger partial charge is 0.295 e. The predicted octanol–water partition coefficient (Wildman–Crippen LogP) is 1.50. The van der Waals surface area contributed by atoms with Crippen LogP contribution in [0.4, 0.5) is 0 Å². The van der Waals surface area contributed by atoms with E-state index in [1.165, 1.54) is 18.2 Å². The molecule has 6 heteroatoms. The molecule has 0 fully saturated rings. The third kappa shape index (κ3) is 1.68. The first kappa shape index (κ1) is 10.7. The first-order valence-electron chi connectivity index (χ1n) is 4.32. The fourth-order valence-corrected chi connectivity index (χ4v) is 2.21. The van der Waals surface area contributed by atoms with E-state index in [9.17, 15) is 18.6 Å². The second-order valence-electron chi connectivity index (χ2n) is 3.29. The molecule has 0 aliphatic heterocycles. The Kier molecular flexibility index (Phi) is 2.25. The minimum atomic E-state index is -4.39. The Morgan fingerprint density at radius 1 is 0.938 bits per heavy atom. The van der Waals surface area contributed by atoms with Gasteiger partial charge in [-0.05, 0) is 30.3 Å². The molecule has 0 heterocycles. The van der Waals surface area contributed by atoms with Crippen LogP contribution in [0, 0.1) is 0 Å². The monoisotopic (exact) mass is 240 g/mol. The molecule has 84 valence electrons. The van der Waals surface area contributed by atoms with Crippen molar-refractivity contribution in [1.29, 1.82) is 0 Å². The number of phenolic OH excluding ortho intramolecular Hbond substituents is 2. The van der Waals surface area contributed by atoms with E-state index in [2.05, 4.69) is 0 Å². The third-order valence-electron chi connectivity index (χ3n) is 2.22. The van der Waals surface area contributed by atoms with E-state index >= 15 is 0 Å². The summed E-state index contributed by atoms with van der Waals surface area (Å²) >= 11 is 0. The van der Waals surface area contributed by atoms with E-state index in [1.807, 2.05) is 0 Å². The van der Waals surface area contributed by atoms with Crippen LogP contribution in [0.25, 0.3) is 10.8 Å². The molecular weight excluding hydrogens is 232 g/mol. The standard InChI is InChI=1S/C10H8O5S/c11-6-1-2-7-8(5-6)10(16(13,14)15)4-3-9(7)12/h1-5,11-12H,(H,13,14,15). The number of hydrogen-bond donors (Lipinski definition) is 3. The van der Waals surface area contributed by atoms with Crippen LogP contribution in [0.3, 0.4) is 0 Å². The van der Waals surface area contributed by atoms with Gasteiger partial charge in [-0.2, -0.15) is 8.42 Å². The van der Waals surface area contributed by atoms with Crippen LogP contribution in [-0.4, -0.2) is 23.2 Å². The highest BCUT2D eigenvalue weighted by atomic mass is 32.2. The van der Waals surface area contributed by atoms with Crippen LogP contribution in [0.2, 0.25) is 0 Å². The molecule has 0 aromatic heterocycles. The number of fused-ring (bicyclic) bond motifs is 1. The number of hydrogen-bond acceptors (Lipinski definition) is 4. The zero-order valence-corrected chi connectivity index (χ0v) is 8.77. The predicted molar refractivity (Wildman–Crippen MR) is 57.1 cm³/mol. The largest absolute Gasteiger partial charge is 0.508 e. The molecule has 0 saturated carbocycles. The van der Waals surface area contributed by atoms with Gasteiger partial charge in [0.2, 0.25) is 0 Å². The van der Waals surface area contributed by atoms with E-state index in [0.717, 1.165) is 12.1 Å². The lowest BCUT2D eigenvalue weighted by Crippen LogP contribution is -1.98. The van der Waals surface area contributed by atoms with E-state index in [4.69, 9.17) is 4.55 Å². The van der Waals surface area contributed by atoms with Gasteiger partial charge < -0.3 is 10.2 Å². The average molecular weight is 240 g/mol. The van der Waals surface area contributed by atoms with Crippen LogP contribution in [0.15, 0.2) is 35.2 Å².